The molecular formula is C20H23N3O5S. The van der Waals surface area contributed by atoms with E-state index >= 15 is 0 Å². The molecule has 2 aliphatic heterocycles. The molecule has 0 unspecified atom stereocenters. The number of piperidine rings is 1. The first-order valence-corrected chi connectivity index (χ1v) is 11.1. The molecule has 1 amide bonds. The van der Waals surface area contributed by atoms with Gasteiger partial charge in [0.1, 0.15) is 4.90 Å². The van der Waals surface area contributed by atoms with Crippen molar-refractivity contribution in [3.8, 4) is 11.5 Å². The first kappa shape index (κ1) is 19.7. The number of nitrogens with one attached hydrogen (secondary N) is 1. The molecule has 29 heavy (non-hydrogen) atoms. The predicted molar refractivity (Wildman–Crippen MR) is 106 cm³/mol. The second-order valence-corrected chi connectivity index (χ2v) is 9.01. The zero-order valence-electron chi connectivity index (χ0n) is 15.9. The van der Waals surface area contributed by atoms with Gasteiger partial charge in [0, 0.05) is 49.6 Å². The summed E-state index contributed by atoms with van der Waals surface area (Å²) < 4.78 is 38.0. The van der Waals surface area contributed by atoms with Crippen LogP contribution in [0.15, 0.2) is 47.6 Å². The van der Waals surface area contributed by atoms with Crippen LogP contribution in [-0.2, 0) is 14.8 Å². The van der Waals surface area contributed by atoms with Crippen LogP contribution < -0.4 is 14.8 Å². The number of rotatable bonds is 4. The number of pyridine rings is 1. The lowest BCUT2D eigenvalue weighted by Gasteiger charge is -2.30. The van der Waals surface area contributed by atoms with Gasteiger partial charge in [-0.2, -0.15) is 4.31 Å². The van der Waals surface area contributed by atoms with Crippen molar-refractivity contribution >= 4 is 21.6 Å². The number of anilines is 1. The molecule has 0 spiro atoms. The second-order valence-electron chi connectivity index (χ2n) is 7.07. The van der Waals surface area contributed by atoms with E-state index in [1.807, 2.05) is 0 Å². The van der Waals surface area contributed by atoms with Gasteiger partial charge in [0.15, 0.2) is 11.5 Å². The number of hydrogen-bond donors (Lipinski definition) is 1. The maximum Gasteiger partial charge on any atom is 0.244 e. The van der Waals surface area contributed by atoms with Crippen molar-refractivity contribution in [1.82, 2.24) is 9.29 Å². The summed E-state index contributed by atoms with van der Waals surface area (Å²) in [5.41, 5.74) is 0.643. The largest absolute Gasteiger partial charge is 0.490 e. The van der Waals surface area contributed by atoms with Crippen LogP contribution in [0.3, 0.4) is 0 Å². The number of aromatic nitrogens is 1. The highest BCUT2D eigenvalue weighted by Crippen LogP contribution is 2.33. The first-order valence-electron chi connectivity index (χ1n) is 9.65. The Labute approximate surface area is 169 Å². The number of fused-ring (bicyclic) bond motifs is 1. The smallest absolute Gasteiger partial charge is 0.244 e. The van der Waals surface area contributed by atoms with Crippen LogP contribution in [-0.4, -0.2) is 49.9 Å². The van der Waals surface area contributed by atoms with Gasteiger partial charge in [0.25, 0.3) is 0 Å². The fraction of sp³-hybridized carbons (Fsp3) is 0.400. The lowest BCUT2D eigenvalue weighted by atomic mass is 9.97. The van der Waals surface area contributed by atoms with Gasteiger partial charge >= 0.3 is 0 Å². The summed E-state index contributed by atoms with van der Waals surface area (Å²) in [4.78, 5) is 16.7. The van der Waals surface area contributed by atoms with E-state index in [0.717, 1.165) is 6.42 Å². The summed E-state index contributed by atoms with van der Waals surface area (Å²) in [6.45, 7) is 1.79. The highest BCUT2D eigenvalue weighted by molar-refractivity contribution is 7.89. The molecule has 1 fully saturated rings. The van der Waals surface area contributed by atoms with Crippen LogP contribution in [0.5, 0.6) is 11.5 Å². The number of carbonyl (C=O) groups is 1. The van der Waals surface area contributed by atoms with Crippen LogP contribution in [0.2, 0.25) is 0 Å². The molecule has 1 aromatic carbocycles. The molecule has 1 aromatic heterocycles. The summed E-state index contributed by atoms with van der Waals surface area (Å²) >= 11 is 0. The minimum atomic E-state index is -3.58. The van der Waals surface area contributed by atoms with Crippen LogP contribution in [0.1, 0.15) is 19.3 Å². The number of amides is 1. The Balaban J connectivity index is 1.37. The standard InChI is InChI=1S/C20H23N3O5S/c24-20(22-16-4-5-18-19(13-16)28-12-2-11-27-18)15-6-9-23(10-7-15)29(25,26)17-3-1-8-21-14-17/h1,3-5,8,13-15H,2,6-7,9-12H2,(H,22,24). The lowest BCUT2D eigenvalue weighted by molar-refractivity contribution is -0.120. The maximum absolute atomic E-state index is 12.7. The van der Waals surface area contributed by atoms with Crippen molar-refractivity contribution in [3.05, 3.63) is 42.7 Å². The molecule has 0 radical (unpaired) electrons. The quantitative estimate of drug-likeness (QED) is 0.820. The van der Waals surface area contributed by atoms with Crippen LogP contribution in [0.25, 0.3) is 0 Å². The molecule has 2 aromatic rings. The molecule has 8 nitrogen and oxygen atoms in total. The highest BCUT2D eigenvalue weighted by Gasteiger charge is 2.32. The number of sulfonamides is 1. The molecule has 9 heteroatoms. The van der Waals surface area contributed by atoms with Crippen molar-refractivity contribution in [1.29, 1.82) is 0 Å². The van der Waals surface area contributed by atoms with E-state index in [2.05, 4.69) is 10.3 Å². The second kappa shape index (κ2) is 8.38. The topological polar surface area (TPSA) is 97.8 Å². The van der Waals surface area contributed by atoms with Crippen LogP contribution in [0, 0.1) is 5.92 Å². The Morgan fingerprint density at radius 3 is 2.59 bits per heavy atom. The van der Waals surface area contributed by atoms with E-state index in [0.29, 0.717) is 56.3 Å². The minimum absolute atomic E-state index is 0.113. The molecule has 0 atom stereocenters. The van der Waals surface area contributed by atoms with Crippen molar-refractivity contribution in [2.75, 3.05) is 31.6 Å². The number of carbonyl (C=O) groups excluding carboxylic acids is 1. The molecule has 154 valence electrons. The van der Waals surface area contributed by atoms with E-state index in [1.54, 1.807) is 24.3 Å². The average Bonchev–Trinajstić information content (AvgIpc) is 2.99. The van der Waals surface area contributed by atoms with Crippen molar-refractivity contribution in [2.24, 2.45) is 5.92 Å². The Kier molecular flexibility index (Phi) is 5.68. The SMILES string of the molecule is O=C(Nc1ccc2c(c1)OCCCO2)C1CCN(S(=O)(=O)c2cccnc2)CC1. The molecule has 0 saturated carbocycles. The fourth-order valence-electron chi connectivity index (χ4n) is 3.49. The van der Waals surface area contributed by atoms with Crippen molar-refractivity contribution in [3.63, 3.8) is 0 Å². The zero-order chi connectivity index (χ0) is 20.3. The molecule has 0 bridgehead atoms. The predicted octanol–water partition coefficient (Wildman–Crippen LogP) is 2.28. The molecular weight excluding hydrogens is 394 g/mol. The minimum Gasteiger partial charge on any atom is -0.490 e. The van der Waals surface area contributed by atoms with Gasteiger partial charge in [0.2, 0.25) is 15.9 Å². The molecule has 2 aliphatic rings. The Bertz CT molecular complexity index is 973. The van der Waals surface area contributed by atoms with Gasteiger partial charge in [-0.1, -0.05) is 0 Å². The van der Waals surface area contributed by atoms with Gasteiger partial charge < -0.3 is 14.8 Å². The Morgan fingerprint density at radius 2 is 1.86 bits per heavy atom. The van der Waals surface area contributed by atoms with Gasteiger partial charge in [0.05, 0.1) is 13.2 Å². The van der Waals surface area contributed by atoms with Gasteiger partial charge in [-0.3, -0.25) is 9.78 Å². The molecule has 4 rings (SSSR count). The summed E-state index contributed by atoms with van der Waals surface area (Å²) in [5, 5.41) is 2.91. The lowest BCUT2D eigenvalue weighted by Crippen LogP contribution is -2.41. The van der Waals surface area contributed by atoms with Crippen LogP contribution in [0.4, 0.5) is 5.69 Å². The molecule has 1 saturated heterocycles. The maximum atomic E-state index is 12.7. The van der Waals surface area contributed by atoms with E-state index in [1.165, 1.54) is 22.8 Å². The number of benzene rings is 1. The molecule has 3 heterocycles. The Hall–Kier alpha value is -2.65. The van der Waals surface area contributed by atoms with E-state index in [-0.39, 0.29) is 16.7 Å². The van der Waals surface area contributed by atoms with Crippen molar-refractivity contribution in [2.45, 2.75) is 24.2 Å². The van der Waals surface area contributed by atoms with Gasteiger partial charge in [-0.25, -0.2) is 8.42 Å². The van der Waals surface area contributed by atoms with E-state index in [9.17, 15) is 13.2 Å². The summed E-state index contributed by atoms with van der Waals surface area (Å²) in [6.07, 6.45) is 4.64. The highest BCUT2D eigenvalue weighted by atomic mass is 32.2. The third-order valence-corrected chi connectivity index (χ3v) is 6.99. The molecule has 1 N–H and O–H groups in total. The monoisotopic (exact) mass is 417 g/mol. The molecule has 0 aliphatic carbocycles. The number of hydrogen-bond acceptors (Lipinski definition) is 6. The summed E-state index contributed by atoms with van der Waals surface area (Å²) in [5.74, 6) is 0.941. The van der Waals surface area contributed by atoms with E-state index < -0.39 is 10.0 Å². The average molecular weight is 417 g/mol. The summed E-state index contributed by atoms with van der Waals surface area (Å²) in [6, 6.07) is 8.47. The first-order chi connectivity index (χ1) is 14.0. The Morgan fingerprint density at radius 1 is 1.10 bits per heavy atom. The fourth-order valence-corrected chi connectivity index (χ4v) is 4.93. The summed E-state index contributed by atoms with van der Waals surface area (Å²) in [7, 11) is -3.58. The number of nitrogens with zero attached hydrogens (tertiary/aromatic N) is 2. The third kappa shape index (κ3) is 4.35. The zero-order valence-corrected chi connectivity index (χ0v) is 16.7. The third-order valence-electron chi connectivity index (χ3n) is 5.11. The van der Waals surface area contributed by atoms with Crippen LogP contribution >= 0.6 is 0 Å². The van der Waals surface area contributed by atoms with Gasteiger partial charge in [-0.15, -0.1) is 0 Å². The number of ether oxygens (including phenoxy) is 2. The normalized spacial score (nSPS) is 18.1. The van der Waals surface area contributed by atoms with Gasteiger partial charge in [-0.05, 0) is 37.1 Å². The van der Waals surface area contributed by atoms with E-state index in [4.69, 9.17) is 9.47 Å². The van der Waals surface area contributed by atoms with Crippen molar-refractivity contribution < 1.29 is 22.7 Å².